The van der Waals surface area contributed by atoms with Gasteiger partial charge in [0.1, 0.15) is 0 Å². The molecule has 0 N–H and O–H groups in total. The largest absolute Gasteiger partial charge is 0.0999 e. The van der Waals surface area contributed by atoms with Crippen molar-refractivity contribution in [3.63, 3.8) is 0 Å². The molecule has 0 nitrogen and oxygen atoms in total. The molecule has 3 fully saturated rings. The molecule has 23 heavy (non-hydrogen) atoms. The predicted molar refractivity (Wildman–Crippen MR) is 103 cm³/mol. The minimum absolute atomic E-state index is 0.674. The van der Waals surface area contributed by atoms with Crippen LogP contribution in [0.3, 0.4) is 0 Å². The summed E-state index contributed by atoms with van der Waals surface area (Å²) in [5.41, 5.74) is 2.14. The Morgan fingerprint density at radius 1 is 1.04 bits per heavy atom. The van der Waals surface area contributed by atoms with Crippen molar-refractivity contribution in [1.29, 1.82) is 0 Å². The average Bonchev–Trinajstić information content (AvgIpc) is 2.54. The molecule has 3 rings (SSSR count). The van der Waals surface area contributed by atoms with Crippen molar-refractivity contribution >= 4 is 0 Å². The summed E-state index contributed by atoms with van der Waals surface area (Å²) in [6, 6.07) is 0. The van der Waals surface area contributed by atoms with Crippen molar-refractivity contribution < 1.29 is 0 Å². The summed E-state index contributed by atoms with van der Waals surface area (Å²) in [6.07, 6.45) is 11.8. The van der Waals surface area contributed by atoms with Crippen LogP contribution in [0, 0.1) is 40.9 Å². The van der Waals surface area contributed by atoms with Crippen LogP contribution in [0.1, 0.15) is 92.9 Å². The molecule has 3 saturated carbocycles. The summed E-state index contributed by atoms with van der Waals surface area (Å²) in [6.45, 7) is 18.2. The number of rotatable bonds is 2. The van der Waals surface area contributed by atoms with Gasteiger partial charge in [0.2, 0.25) is 0 Å². The molecule has 3 aliphatic rings. The minimum Gasteiger partial charge on any atom is -0.0999 e. The monoisotopic (exact) mass is 318 g/mol. The van der Waals surface area contributed by atoms with Crippen LogP contribution in [-0.2, 0) is 0 Å². The molecule has 0 aromatic carbocycles. The standard InChI is InChI=1S/C21H36.C2H6/c1-6-16-17(14(2)3)8-9-19-18(16)11-12-21(5)13-15(4)7-10-20(19)21;1-2/h15-20H,2,6-13H2,1,3-5H3;1-2H3. The molecule has 134 valence electrons. The minimum atomic E-state index is 0.674. The molecule has 0 amide bonds. The van der Waals surface area contributed by atoms with E-state index in [0.29, 0.717) is 5.41 Å². The van der Waals surface area contributed by atoms with Crippen LogP contribution >= 0.6 is 0 Å². The van der Waals surface area contributed by atoms with Gasteiger partial charge in [0.15, 0.2) is 0 Å². The van der Waals surface area contributed by atoms with Gasteiger partial charge in [-0.1, -0.05) is 59.6 Å². The van der Waals surface area contributed by atoms with E-state index in [4.69, 9.17) is 0 Å². The lowest BCUT2D eigenvalue weighted by Crippen LogP contribution is -2.49. The highest BCUT2D eigenvalue weighted by Gasteiger charge is 2.52. The summed E-state index contributed by atoms with van der Waals surface area (Å²) >= 11 is 0. The molecule has 7 atom stereocenters. The number of hydrogen-bond acceptors (Lipinski definition) is 0. The van der Waals surface area contributed by atoms with E-state index in [-0.39, 0.29) is 0 Å². The second-order valence-electron chi connectivity index (χ2n) is 9.12. The van der Waals surface area contributed by atoms with Gasteiger partial charge >= 0.3 is 0 Å². The third-order valence-corrected chi connectivity index (χ3v) is 7.78. The van der Waals surface area contributed by atoms with Crippen molar-refractivity contribution in [2.75, 3.05) is 0 Å². The summed E-state index contributed by atoms with van der Waals surface area (Å²) in [5, 5.41) is 0. The van der Waals surface area contributed by atoms with Gasteiger partial charge in [-0.25, -0.2) is 0 Å². The van der Waals surface area contributed by atoms with E-state index in [0.717, 1.165) is 35.5 Å². The first-order valence-corrected chi connectivity index (χ1v) is 10.6. The van der Waals surface area contributed by atoms with Gasteiger partial charge in [-0.3, -0.25) is 0 Å². The molecule has 0 aliphatic heterocycles. The van der Waals surface area contributed by atoms with E-state index in [2.05, 4.69) is 34.3 Å². The van der Waals surface area contributed by atoms with E-state index in [1.807, 2.05) is 13.8 Å². The van der Waals surface area contributed by atoms with E-state index >= 15 is 0 Å². The van der Waals surface area contributed by atoms with Crippen molar-refractivity contribution in [3.05, 3.63) is 12.2 Å². The fourth-order valence-corrected chi connectivity index (χ4v) is 6.92. The van der Waals surface area contributed by atoms with Crippen molar-refractivity contribution in [1.82, 2.24) is 0 Å². The van der Waals surface area contributed by atoms with Crippen molar-refractivity contribution in [2.24, 2.45) is 40.9 Å². The van der Waals surface area contributed by atoms with E-state index in [1.54, 1.807) is 0 Å². The lowest BCUT2D eigenvalue weighted by Gasteiger charge is -2.58. The lowest BCUT2D eigenvalue weighted by atomic mass is 9.47. The van der Waals surface area contributed by atoms with E-state index in [9.17, 15) is 0 Å². The maximum absolute atomic E-state index is 4.32. The molecule has 0 spiro atoms. The highest BCUT2D eigenvalue weighted by atomic mass is 14.6. The second-order valence-corrected chi connectivity index (χ2v) is 9.12. The Bertz CT molecular complexity index is 395. The summed E-state index contributed by atoms with van der Waals surface area (Å²) in [7, 11) is 0. The topological polar surface area (TPSA) is 0 Å². The van der Waals surface area contributed by atoms with Crippen LogP contribution in [0.5, 0.6) is 0 Å². The third kappa shape index (κ3) is 3.57. The van der Waals surface area contributed by atoms with Gasteiger partial charge in [0, 0.05) is 0 Å². The van der Waals surface area contributed by atoms with Gasteiger partial charge < -0.3 is 0 Å². The Labute approximate surface area is 146 Å². The Balaban J connectivity index is 0.000000924. The molecule has 0 saturated heterocycles. The Morgan fingerprint density at radius 3 is 2.35 bits per heavy atom. The zero-order valence-electron chi connectivity index (χ0n) is 16.8. The lowest BCUT2D eigenvalue weighted by molar-refractivity contribution is -0.0786. The maximum Gasteiger partial charge on any atom is -0.0178 e. The SMILES string of the molecule is C=C(C)C1CCC2C(CCC3(C)CC(C)CCC23)C1CC.CC. The molecule has 0 heterocycles. The Hall–Kier alpha value is -0.260. The van der Waals surface area contributed by atoms with Gasteiger partial charge in [0.25, 0.3) is 0 Å². The highest BCUT2D eigenvalue weighted by molar-refractivity contribution is 5.07. The fourth-order valence-electron chi connectivity index (χ4n) is 6.92. The number of hydrogen-bond donors (Lipinski definition) is 0. The highest BCUT2D eigenvalue weighted by Crippen LogP contribution is 2.61. The summed E-state index contributed by atoms with van der Waals surface area (Å²) < 4.78 is 0. The van der Waals surface area contributed by atoms with Crippen LogP contribution in [0.25, 0.3) is 0 Å². The van der Waals surface area contributed by atoms with Crippen LogP contribution in [0.4, 0.5) is 0 Å². The van der Waals surface area contributed by atoms with E-state index in [1.165, 1.54) is 56.9 Å². The second kappa shape index (κ2) is 7.75. The molecule has 3 aliphatic carbocycles. The van der Waals surface area contributed by atoms with Gasteiger partial charge in [-0.15, -0.1) is 0 Å². The van der Waals surface area contributed by atoms with Crippen LogP contribution in [-0.4, -0.2) is 0 Å². The third-order valence-electron chi connectivity index (χ3n) is 7.78. The summed E-state index contributed by atoms with van der Waals surface area (Å²) in [4.78, 5) is 0. The van der Waals surface area contributed by atoms with Crippen molar-refractivity contribution in [2.45, 2.75) is 92.9 Å². The quantitative estimate of drug-likeness (QED) is 0.462. The number of allylic oxidation sites excluding steroid dienone is 1. The molecular weight excluding hydrogens is 276 g/mol. The normalized spacial score (nSPS) is 46.0. The Morgan fingerprint density at radius 2 is 1.74 bits per heavy atom. The average molecular weight is 319 g/mol. The molecule has 0 heteroatoms. The molecule has 0 aromatic rings. The number of fused-ring (bicyclic) bond motifs is 3. The smallest absolute Gasteiger partial charge is 0.0178 e. The first-order chi connectivity index (χ1) is 11.0. The van der Waals surface area contributed by atoms with Crippen LogP contribution in [0.15, 0.2) is 12.2 Å². The Kier molecular flexibility index (Phi) is 6.42. The van der Waals surface area contributed by atoms with Crippen LogP contribution < -0.4 is 0 Å². The first-order valence-electron chi connectivity index (χ1n) is 10.6. The van der Waals surface area contributed by atoms with Gasteiger partial charge in [-0.2, -0.15) is 0 Å². The first kappa shape index (κ1) is 19.1. The van der Waals surface area contributed by atoms with Crippen LogP contribution in [0.2, 0.25) is 0 Å². The molecule has 0 aromatic heterocycles. The zero-order chi connectivity index (χ0) is 17.2. The molecule has 7 unspecified atom stereocenters. The van der Waals surface area contributed by atoms with Gasteiger partial charge in [-0.05, 0) is 86.4 Å². The zero-order valence-corrected chi connectivity index (χ0v) is 16.8. The van der Waals surface area contributed by atoms with E-state index < -0.39 is 0 Å². The predicted octanol–water partition coefficient (Wildman–Crippen LogP) is 7.49. The molecule has 0 bridgehead atoms. The molecule has 0 radical (unpaired) electrons. The van der Waals surface area contributed by atoms with Crippen molar-refractivity contribution in [3.8, 4) is 0 Å². The fraction of sp³-hybridized carbons (Fsp3) is 0.913. The maximum atomic E-state index is 4.32. The van der Waals surface area contributed by atoms with Gasteiger partial charge in [0.05, 0.1) is 0 Å². The molecular formula is C23H42. The summed E-state index contributed by atoms with van der Waals surface area (Å²) in [5.74, 6) is 5.81.